The standard InChI is InChI=1S/C18H40O3Si/c1-9-10-16(19)14-17(20-6)13-15(2)11-12-21-22(7,8)18(3,4)5/h15-17,19H,9-14H2,1-8H3/t15-,16+,17+/m1/s1. The molecule has 0 aromatic carbocycles. The Hall–Kier alpha value is 0.0969. The summed E-state index contributed by atoms with van der Waals surface area (Å²) in [5.41, 5.74) is 0. The predicted octanol–water partition coefficient (Wildman–Crippen LogP) is 4.99. The van der Waals surface area contributed by atoms with E-state index in [-0.39, 0.29) is 17.2 Å². The van der Waals surface area contributed by atoms with Crippen LogP contribution < -0.4 is 0 Å². The molecule has 0 aliphatic rings. The van der Waals surface area contributed by atoms with Crippen LogP contribution in [-0.4, -0.2) is 39.3 Å². The molecule has 0 aromatic rings. The van der Waals surface area contributed by atoms with Gasteiger partial charge < -0.3 is 14.3 Å². The minimum absolute atomic E-state index is 0.157. The van der Waals surface area contributed by atoms with Gasteiger partial charge in [-0.3, -0.25) is 0 Å². The van der Waals surface area contributed by atoms with Crippen LogP contribution in [0, 0.1) is 5.92 Å². The van der Waals surface area contributed by atoms with E-state index in [9.17, 15) is 5.11 Å². The summed E-state index contributed by atoms with van der Waals surface area (Å²) in [5, 5.41) is 10.2. The van der Waals surface area contributed by atoms with Crippen LogP contribution >= 0.6 is 0 Å². The molecule has 0 radical (unpaired) electrons. The van der Waals surface area contributed by atoms with Crippen LogP contribution in [0.1, 0.15) is 66.7 Å². The van der Waals surface area contributed by atoms with E-state index < -0.39 is 8.32 Å². The highest BCUT2D eigenvalue weighted by Gasteiger charge is 2.36. The number of hydrogen-bond donors (Lipinski definition) is 1. The zero-order chi connectivity index (χ0) is 17.4. The van der Waals surface area contributed by atoms with Gasteiger partial charge >= 0.3 is 0 Å². The third-order valence-corrected chi connectivity index (χ3v) is 9.57. The quantitative estimate of drug-likeness (QED) is 0.542. The van der Waals surface area contributed by atoms with Gasteiger partial charge in [0.25, 0.3) is 0 Å². The van der Waals surface area contributed by atoms with Gasteiger partial charge in [0.05, 0.1) is 12.2 Å². The van der Waals surface area contributed by atoms with E-state index in [1.54, 1.807) is 7.11 Å². The number of ether oxygens (including phenoxy) is 1. The first-order valence-electron chi connectivity index (χ1n) is 8.88. The molecule has 0 aliphatic carbocycles. The van der Waals surface area contributed by atoms with Crippen molar-refractivity contribution in [3.63, 3.8) is 0 Å². The molecule has 0 saturated carbocycles. The largest absolute Gasteiger partial charge is 0.417 e. The second-order valence-corrected chi connectivity index (χ2v) is 13.1. The topological polar surface area (TPSA) is 38.7 Å². The molecule has 0 spiro atoms. The molecule has 0 aromatic heterocycles. The van der Waals surface area contributed by atoms with E-state index in [4.69, 9.17) is 9.16 Å². The molecule has 0 amide bonds. The first-order chi connectivity index (χ1) is 10.0. The summed E-state index contributed by atoms with van der Waals surface area (Å²) in [6.45, 7) is 16.6. The molecule has 0 rings (SSSR count). The summed E-state index contributed by atoms with van der Waals surface area (Å²) >= 11 is 0. The van der Waals surface area contributed by atoms with Gasteiger partial charge in [-0.15, -0.1) is 0 Å². The summed E-state index contributed by atoms with van der Waals surface area (Å²) < 4.78 is 11.8. The fraction of sp³-hybridized carbons (Fsp3) is 1.00. The summed E-state index contributed by atoms with van der Waals surface area (Å²) in [5.74, 6) is 0.559. The lowest BCUT2D eigenvalue weighted by atomic mass is 9.96. The van der Waals surface area contributed by atoms with E-state index >= 15 is 0 Å². The van der Waals surface area contributed by atoms with Crippen LogP contribution in [-0.2, 0) is 9.16 Å². The van der Waals surface area contributed by atoms with E-state index in [1.165, 1.54) is 0 Å². The van der Waals surface area contributed by atoms with Gasteiger partial charge in [0.1, 0.15) is 0 Å². The smallest absolute Gasteiger partial charge is 0.191 e. The lowest BCUT2D eigenvalue weighted by Gasteiger charge is -2.36. The third-order valence-electron chi connectivity index (χ3n) is 5.04. The predicted molar refractivity (Wildman–Crippen MR) is 97.9 cm³/mol. The molecule has 22 heavy (non-hydrogen) atoms. The highest BCUT2D eigenvalue weighted by atomic mass is 28.4. The first kappa shape index (κ1) is 22.1. The maximum Gasteiger partial charge on any atom is 0.191 e. The van der Waals surface area contributed by atoms with Gasteiger partial charge in [-0.25, -0.2) is 0 Å². The highest BCUT2D eigenvalue weighted by Crippen LogP contribution is 2.36. The van der Waals surface area contributed by atoms with Gasteiger partial charge in [-0.2, -0.15) is 0 Å². The van der Waals surface area contributed by atoms with Crippen molar-refractivity contribution < 1.29 is 14.3 Å². The molecule has 3 atom stereocenters. The van der Waals surface area contributed by atoms with Crippen LogP contribution in [0.4, 0.5) is 0 Å². The normalized spacial score (nSPS) is 17.3. The van der Waals surface area contributed by atoms with Crippen LogP contribution in [0.3, 0.4) is 0 Å². The second-order valence-electron chi connectivity index (χ2n) is 8.27. The van der Waals surface area contributed by atoms with Gasteiger partial charge in [0.15, 0.2) is 8.32 Å². The molecule has 0 aliphatic heterocycles. The number of aliphatic hydroxyl groups excluding tert-OH is 1. The average Bonchev–Trinajstić information content (AvgIpc) is 2.36. The Bertz CT molecular complexity index is 287. The maximum absolute atomic E-state index is 9.94. The molecule has 1 N–H and O–H groups in total. The second kappa shape index (κ2) is 10.1. The van der Waals surface area contributed by atoms with Crippen molar-refractivity contribution in [1.82, 2.24) is 0 Å². The summed E-state index contributed by atoms with van der Waals surface area (Å²) in [6, 6.07) is 0. The first-order valence-corrected chi connectivity index (χ1v) is 11.8. The fourth-order valence-corrected chi connectivity index (χ4v) is 3.40. The van der Waals surface area contributed by atoms with E-state index in [2.05, 4.69) is 47.7 Å². The summed E-state index contributed by atoms with van der Waals surface area (Å²) in [6.07, 6.45) is 4.62. The molecule has 0 fully saturated rings. The molecular weight excluding hydrogens is 292 g/mol. The Labute approximate surface area is 139 Å². The molecule has 0 heterocycles. The van der Waals surface area contributed by atoms with Crippen molar-refractivity contribution in [2.24, 2.45) is 5.92 Å². The van der Waals surface area contributed by atoms with Crippen molar-refractivity contribution in [2.45, 2.75) is 97.1 Å². The molecule has 0 bridgehead atoms. The molecule has 134 valence electrons. The average molecular weight is 333 g/mol. The Morgan fingerprint density at radius 3 is 2.14 bits per heavy atom. The Morgan fingerprint density at radius 1 is 1.09 bits per heavy atom. The minimum Gasteiger partial charge on any atom is -0.417 e. The van der Waals surface area contributed by atoms with Crippen molar-refractivity contribution in [3.8, 4) is 0 Å². The number of methoxy groups -OCH3 is 1. The van der Waals surface area contributed by atoms with Crippen LogP contribution in [0.2, 0.25) is 18.1 Å². The van der Waals surface area contributed by atoms with Crippen molar-refractivity contribution in [2.75, 3.05) is 13.7 Å². The lowest BCUT2D eigenvalue weighted by molar-refractivity contribution is 0.0272. The molecule has 0 unspecified atom stereocenters. The summed E-state index contributed by atoms with van der Waals surface area (Å²) in [4.78, 5) is 0. The fourth-order valence-electron chi connectivity index (χ4n) is 2.34. The van der Waals surface area contributed by atoms with E-state index in [0.717, 1.165) is 38.7 Å². The minimum atomic E-state index is -1.63. The molecular formula is C18H40O3Si. The van der Waals surface area contributed by atoms with Crippen LogP contribution in [0.15, 0.2) is 0 Å². The van der Waals surface area contributed by atoms with Gasteiger partial charge in [-0.05, 0) is 49.7 Å². The van der Waals surface area contributed by atoms with Crippen LogP contribution in [0.5, 0.6) is 0 Å². The number of rotatable bonds is 11. The zero-order valence-electron chi connectivity index (χ0n) is 16.2. The zero-order valence-corrected chi connectivity index (χ0v) is 17.2. The Balaban J connectivity index is 4.13. The molecule has 3 nitrogen and oxygen atoms in total. The third kappa shape index (κ3) is 8.66. The maximum atomic E-state index is 9.94. The molecule has 0 saturated heterocycles. The SMILES string of the molecule is CCC[C@H](O)C[C@H](C[C@H](C)CCO[Si](C)(C)C(C)(C)C)OC. The summed E-state index contributed by atoms with van der Waals surface area (Å²) in [7, 11) is 0.124. The van der Waals surface area contributed by atoms with Gasteiger partial charge in [0, 0.05) is 13.7 Å². The Morgan fingerprint density at radius 2 is 1.68 bits per heavy atom. The monoisotopic (exact) mass is 332 g/mol. The highest BCUT2D eigenvalue weighted by molar-refractivity contribution is 6.74. The van der Waals surface area contributed by atoms with Crippen molar-refractivity contribution in [1.29, 1.82) is 0 Å². The number of hydrogen-bond acceptors (Lipinski definition) is 3. The molecule has 4 heteroatoms. The van der Waals surface area contributed by atoms with E-state index in [1.807, 2.05) is 0 Å². The Kier molecular flexibility index (Phi) is 10.1. The number of aliphatic hydroxyl groups is 1. The lowest BCUT2D eigenvalue weighted by Crippen LogP contribution is -2.41. The van der Waals surface area contributed by atoms with Gasteiger partial charge in [-0.1, -0.05) is 41.0 Å². The van der Waals surface area contributed by atoms with Crippen molar-refractivity contribution in [3.05, 3.63) is 0 Å². The van der Waals surface area contributed by atoms with Crippen LogP contribution in [0.25, 0.3) is 0 Å². The van der Waals surface area contributed by atoms with Crippen molar-refractivity contribution >= 4 is 8.32 Å². The van der Waals surface area contributed by atoms with E-state index in [0.29, 0.717) is 5.92 Å². The van der Waals surface area contributed by atoms with Gasteiger partial charge in [0.2, 0.25) is 0 Å².